The minimum Gasteiger partial charge on any atom is -0.467 e. The van der Waals surface area contributed by atoms with E-state index in [9.17, 15) is 4.79 Å². The van der Waals surface area contributed by atoms with Gasteiger partial charge in [-0.05, 0) is 76.9 Å². The zero-order valence-corrected chi connectivity index (χ0v) is 21.2. The van der Waals surface area contributed by atoms with Crippen LogP contribution in [0.3, 0.4) is 0 Å². The number of nitrogens with one attached hydrogen (secondary N) is 1. The Bertz CT molecular complexity index is 1340. The predicted molar refractivity (Wildman–Crippen MR) is 137 cm³/mol. The van der Waals surface area contributed by atoms with Crippen molar-refractivity contribution in [3.63, 3.8) is 0 Å². The molecule has 9 nitrogen and oxygen atoms in total. The molecule has 0 amide bonds. The van der Waals surface area contributed by atoms with Crippen molar-refractivity contribution in [3.05, 3.63) is 75.7 Å². The van der Waals surface area contributed by atoms with E-state index in [1.165, 1.54) is 5.56 Å². The summed E-state index contributed by atoms with van der Waals surface area (Å²) < 4.78 is 13.4. The summed E-state index contributed by atoms with van der Waals surface area (Å²) in [7, 11) is 0. The van der Waals surface area contributed by atoms with Gasteiger partial charge in [0.1, 0.15) is 12.3 Å². The van der Waals surface area contributed by atoms with E-state index in [4.69, 9.17) is 9.15 Å². The maximum atomic E-state index is 13.1. The first-order valence-electron chi connectivity index (χ1n) is 12.8. The van der Waals surface area contributed by atoms with Crippen LogP contribution in [0.5, 0.6) is 0 Å². The lowest BCUT2D eigenvalue weighted by molar-refractivity contribution is 0.0384. The molecule has 0 unspecified atom stereocenters. The van der Waals surface area contributed by atoms with Crippen LogP contribution in [0.1, 0.15) is 62.4 Å². The van der Waals surface area contributed by atoms with Crippen LogP contribution in [0.15, 0.2) is 51.9 Å². The SMILES string of the molecule is CCc1ccc2[nH]c(=O)c(CN(C[C@H]3CCCO3)[C@H](c3nnnn3Cc3ccco3)C(C)C)cc2c1. The van der Waals surface area contributed by atoms with Gasteiger partial charge in [0.2, 0.25) is 0 Å². The Hall–Kier alpha value is -3.30. The van der Waals surface area contributed by atoms with E-state index in [0.717, 1.165) is 53.9 Å². The van der Waals surface area contributed by atoms with Crippen molar-refractivity contribution in [1.82, 2.24) is 30.1 Å². The predicted octanol–water partition coefficient (Wildman–Crippen LogP) is 4.10. The second-order valence-electron chi connectivity index (χ2n) is 9.93. The molecule has 0 spiro atoms. The van der Waals surface area contributed by atoms with Gasteiger partial charge < -0.3 is 14.1 Å². The van der Waals surface area contributed by atoms with Crippen molar-refractivity contribution in [2.24, 2.45) is 5.92 Å². The Kier molecular flexibility index (Phi) is 7.29. The number of aromatic amines is 1. The summed E-state index contributed by atoms with van der Waals surface area (Å²) >= 11 is 0. The van der Waals surface area contributed by atoms with Gasteiger partial charge in [-0.25, -0.2) is 4.68 Å². The molecule has 0 radical (unpaired) electrons. The first-order chi connectivity index (χ1) is 17.5. The highest BCUT2D eigenvalue weighted by Crippen LogP contribution is 2.30. The standard InChI is InChI=1S/C27H34N6O3/c1-4-19-9-10-24-20(13-19)14-21(27(34)28-24)15-32(16-22-7-5-11-35-22)25(18(2)3)26-29-30-31-33(26)17-23-8-6-12-36-23/h6,8-10,12-14,18,22,25H,4-5,7,11,15-17H2,1-3H3,(H,28,34)/t22-,25+/m1/s1. The molecule has 1 aromatic carbocycles. The van der Waals surface area contributed by atoms with Crippen LogP contribution in [0, 0.1) is 5.92 Å². The van der Waals surface area contributed by atoms with E-state index in [-0.39, 0.29) is 23.6 Å². The number of fused-ring (bicyclic) bond motifs is 1. The van der Waals surface area contributed by atoms with Gasteiger partial charge in [-0.1, -0.05) is 26.8 Å². The lowest BCUT2D eigenvalue weighted by Crippen LogP contribution is -2.40. The molecular weight excluding hydrogens is 456 g/mol. The maximum absolute atomic E-state index is 13.1. The molecule has 1 saturated heterocycles. The summed E-state index contributed by atoms with van der Waals surface area (Å²) in [5, 5.41) is 13.8. The number of aromatic nitrogens is 5. The maximum Gasteiger partial charge on any atom is 0.252 e. The normalized spacial score (nSPS) is 17.0. The fraction of sp³-hybridized carbons (Fsp3) is 0.481. The molecule has 4 heterocycles. The fourth-order valence-electron chi connectivity index (χ4n) is 5.15. The number of pyridine rings is 1. The molecule has 0 bridgehead atoms. The third kappa shape index (κ3) is 5.27. The second kappa shape index (κ2) is 10.8. The highest BCUT2D eigenvalue weighted by atomic mass is 16.5. The third-order valence-electron chi connectivity index (χ3n) is 6.96. The highest BCUT2D eigenvalue weighted by Gasteiger charge is 2.32. The van der Waals surface area contributed by atoms with Gasteiger partial charge in [-0.3, -0.25) is 9.69 Å². The van der Waals surface area contributed by atoms with Gasteiger partial charge >= 0.3 is 0 Å². The largest absolute Gasteiger partial charge is 0.467 e. The van der Waals surface area contributed by atoms with Crippen LogP contribution in [0.2, 0.25) is 0 Å². The van der Waals surface area contributed by atoms with Crippen molar-refractivity contribution in [2.45, 2.75) is 65.3 Å². The molecule has 9 heteroatoms. The van der Waals surface area contributed by atoms with Gasteiger partial charge in [-0.15, -0.1) is 5.10 Å². The van der Waals surface area contributed by atoms with Crippen molar-refractivity contribution >= 4 is 10.9 Å². The molecule has 190 valence electrons. The number of hydrogen-bond acceptors (Lipinski definition) is 7. The van der Waals surface area contributed by atoms with Gasteiger partial charge in [-0.2, -0.15) is 0 Å². The summed E-state index contributed by atoms with van der Waals surface area (Å²) in [4.78, 5) is 18.5. The molecule has 5 rings (SSSR count). The first-order valence-corrected chi connectivity index (χ1v) is 12.8. The summed E-state index contributed by atoms with van der Waals surface area (Å²) in [6.45, 7) is 8.85. The summed E-state index contributed by atoms with van der Waals surface area (Å²) in [5.74, 6) is 1.73. The molecular formula is C27H34N6O3. The first kappa shape index (κ1) is 24.4. The molecule has 1 N–H and O–H groups in total. The van der Waals surface area contributed by atoms with E-state index in [1.807, 2.05) is 24.3 Å². The van der Waals surface area contributed by atoms with Crippen LogP contribution in [0.25, 0.3) is 10.9 Å². The van der Waals surface area contributed by atoms with E-state index in [0.29, 0.717) is 19.6 Å². The Balaban J connectivity index is 1.51. The minimum atomic E-state index is -0.115. The Morgan fingerprint density at radius 1 is 1.25 bits per heavy atom. The van der Waals surface area contributed by atoms with Crippen molar-refractivity contribution in [3.8, 4) is 0 Å². The molecule has 36 heavy (non-hydrogen) atoms. The van der Waals surface area contributed by atoms with Crippen molar-refractivity contribution in [1.29, 1.82) is 0 Å². The molecule has 1 aliphatic rings. The number of nitrogens with zero attached hydrogens (tertiary/aromatic N) is 5. The van der Waals surface area contributed by atoms with Gasteiger partial charge in [0, 0.05) is 30.8 Å². The van der Waals surface area contributed by atoms with E-state index >= 15 is 0 Å². The summed E-state index contributed by atoms with van der Waals surface area (Å²) in [6.07, 6.45) is 4.78. The average molecular weight is 491 g/mol. The number of rotatable bonds is 10. The number of H-pyrrole nitrogens is 1. The summed E-state index contributed by atoms with van der Waals surface area (Å²) in [6, 6.07) is 11.9. The lowest BCUT2D eigenvalue weighted by Gasteiger charge is -2.35. The molecule has 0 aliphatic carbocycles. The number of benzene rings is 1. The second-order valence-corrected chi connectivity index (χ2v) is 9.93. The average Bonchev–Trinajstić information content (AvgIpc) is 3.64. The smallest absolute Gasteiger partial charge is 0.252 e. The van der Waals surface area contributed by atoms with Crippen LogP contribution in [-0.2, 0) is 24.2 Å². The molecule has 1 fully saturated rings. The molecule has 3 aromatic heterocycles. The summed E-state index contributed by atoms with van der Waals surface area (Å²) in [5.41, 5.74) is 2.76. The molecule has 0 saturated carbocycles. The van der Waals surface area contributed by atoms with Crippen LogP contribution in [-0.4, -0.2) is 49.3 Å². The van der Waals surface area contributed by atoms with Crippen LogP contribution >= 0.6 is 0 Å². The molecule has 1 aliphatic heterocycles. The molecule has 2 atom stereocenters. The van der Waals surface area contributed by atoms with E-state index in [1.54, 1.807) is 10.9 Å². The van der Waals surface area contributed by atoms with E-state index in [2.05, 4.69) is 58.3 Å². The van der Waals surface area contributed by atoms with Gasteiger partial charge in [0.15, 0.2) is 5.82 Å². The highest BCUT2D eigenvalue weighted by molar-refractivity contribution is 5.79. The zero-order chi connectivity index (χ0) is 25.1. The lowest BCUT2D eigenvalue weighted by atomic mass is 9.99. The molecule has 4 aromatic rings. The number of tetrazole rings is 1. The Morgan fingerprint density at radius 2 is 2.14 bits per heavy atom. The number of furan rings is 1. The van der Waals surface area contributed by atoms with Gasteiger partial charge in [0.05, 0.1) is 18.4 Å². The Labute approximate surface area is 210 Å². The number of aryl methyl sites for hydroxylation is 1. The topological polar surface area (TPSA) is 102 Å². The zero-order valence-electron chi connectivity index (χ0n) is 21.2. The van der Waals surface area contributed by atoms with Gasteiger partial charge in [0.25, 0.3) is 5.56 Å². The fourth-order valence-corrected chi connectivity index (χ4v) is 5.15. The quantitative estimate of drug-likeness (QED) is 0.357. The number of hydrogen-bond donors (Lipinski definition) is 1. The van der Waals surface area contributed by atoms with Crippen molar-refractivity contribution < 1.29 is 9.15 Å². The monoisotopic (exact) mass is 490 g/mol. The van der Waals surface area contributed by atoms with Crippen LogP contribution in [0.4, 0.5) is 0 Å². The van der Waals surface area contributed by atoms with Crippen molar-refractivity contribution in [2.75, 3.05) is 13.2 Å². The minimum absolute atomic E-state index is 0.0678. The number of ether oxygens (including phenoxy) is 1. The van der Waals surface area contributed by atoms with Crippen LogP contribution < -0.4 is 5.56 Å². The van der Waals surface area contributed by atoms with E-state index < -0.39 is 0 Å². The third-order valence-corrected chi connectivity index (χ3v) is 6.96. The Morgan fingerprint density at radius 3 is 2.86 bits per heavy atom.